The Bertz CT molecular complexity index is 648. The molecule has 116 valence electrons. The summed E-state index contributed by atoms with van der Waals surface area (Å²) in [6, 6.07) is 4.02. The van der Waals surface area contributed by atoms with Crippen LogP contribution in [0.25, 0.3) is 0 Å². The van der Waals surface area contributed by atoms with Gasteiger partial charge in [0.15, 0.2) is 0 Å². The number of rotatable bonds is 4. The third kappa shape index (κ3) is 3.87. The molecule has 0 aliphatic carbocycles. The summed E-state index contributed by atoms with van der Waals surface area (Å²) in [7, 11) is -3.68. The van der Waals surface area contributed by atoms with Gasteiger partial charge in [0, 0.05) is 13.1 Å². The third-order valence-corrected chi connectivity index (χ3v) is 5.24. The van der Waals surface area contributed by atoms with Crippen LogP contribution >= 0.6 is 11.6 Å². The highest BCUT2D eigenvalue weighted by atomic mass is 35.5. The number of carboxylic acid groups (broad SMARTS) is 1. The van der Waals surface area contributed by atoms with E-state index in [0.717, 1.165) is 12.8 Å². The average Bonchev–Trinajstić information content (AvgIpc) is 2.40. The molecular formula is C13H17ClN2O4S. The van der Waals surface area contributed by atoms with E-state index in [1.807, 2.05) is 6.92 Å². The molecule has 1 saturated heterocycles. The van der Waals surface area contributed by atoms with Crippen molar-refractivity contribution in [1.29, 1.82) is 0 Å². The topological polar surface area (TPSA) is 86.7 Å². The van der Waals surface area contributed by atoms with Crippen molar-refractivity contribution in [2.45, 2.75) is 19.8 Å². The summed E-state index contributed by atoms with van der Waals surface area (Å²) in [5, 5.41) is 9.07. The lowest BCUT2D eigenvalue weighted by Gasteiger charge is -2.30. The summed E-state index contributed by atoms with van der Waals surface area (Å²) in [5.41, 5.74) is 0.0545. The Morgan fingerprint density at radius 2 is 2.19 bits per heavy atom. The van der Waals surface area contributed by atoms with Crippen LogP contribution in [0.4, 0.5) is 5.69 Å². The fourth-order valence-electron chi connectivity index (χ4n) is 2.33. The number of benzene rings is 1. The minimum absolute atomic E-state index is 0.0667. The molecule has 0 unspecified atom stereocenters. The SMILES string of the molecule is C[C@@H]1CCCN(S(=O)(=O)Nc2ccc(Cl)c(C(=O)O)c2)C1. The van der Waals surface area contributed by atoms with Crippen LogP contribution in [0.3, 0.4) is 0 Å². The lowest BCUT2D eigenvalue weighted by atomic mass is 10.0. The maximum absolute atomic E-state index is 12.3. The number of carbonyl (C=O) groups is 1. The summed E-state index contributed by atoms with van der Waals surface area (Å²) in [6.45, 7) is 2.94. The Balaban J connectivity index is 2.20. The van der Waals surface area contributed by atoms with Gasteiger partial charge >= 0.3 is 16.2 Å². The number of halogens is 1. The number of carboxylic acids is 1. The molecule has 2 rings (SSSR count). The van der Waals surface area contributed by atoms with E-state index in [1.165, 1.54) is 22.5 Å². The van der Waals surface area contributed by atoms with Crippen molar-refractivity contribution in [2.24, 2.45) is 5.92 Å². The predicted octanol–water partition coefficient (Wildman–Crippen LogP) is 2.43. The number of hydrogen-bond donors (Lipinski definition) is 2. The molecule has 1 atom stereocenters. The summed E-state index contributed by atoms with van der Waals surface area (Å²) in [4.78, 5) is 11.0. The van der Waals surface area contributed by atoms with E-state index < -0.39 is 16.2 Å². The van der Waals surface area contributed by atoms with Crippen molar-refractivity contribution in [2.75, 3.05) is 17.8 Å². The highest BCUT2D eigenvalue weighted by Gasteiger charge is 2.27. The highest BCUT2D eigenvalue weighted by molar-refractivity contribution is 7.90. The average molecular weight is 333 g/mol. The van der Waals surface area contributed by atoms with E-state index >= 15 is 0 Å². The smallest absolute Gasteiger partial charge is 0.337 e. The zero-order chi connectivity index (χ0) is 15.6. The molecule has 0 bridgehead atoms. The lowest BCUT2D eigenvalue weighted by molar-refractivity contribution is 0.0697. The van der Waals surface area contributed by atoms with Gasteiger partial charge in [0.2, 0.25) is 0 Å². The van der Waals surface area contributed by atoms with Gasteiger partial charge in [-0.15, -0.1) is 0 Å². The summed E-state index contributed by atoms with van der Waals surface area (Å²) < 4.78 is 28.4. The van der Waals surface area contributed by atoms with E-state index in [9.17, 15) is 13.2 Å². The summed E-state index contributed by atoms with van der Waals surface area (Å²) in [6.07, 6.45) is 1.83. The highest BCUT2D eigenvalue weighted by Crippen LogP contribution is 2.23. The second-order valence-corrected chi connectivity index (χ2v) is 7.29. The Kier molecular flexibility index (Phi) is 4.75. The van der Waals surface area contributed by atoms with Gasteiger partial charge in [-0.3, -0.25) is 4.72 Å². The largest absolute Gasteiger partial charge is 0.478 e. The van der Waals surface area contributed by atoms with Gasteiger partial charge in [-0.2, -0.15) is 12.7 Å². The fourth-order valence-corrected chi connectivity index (χ4v) is 3.90. The van der Waals surface area contributed by atoms with Crippen LogP contribution in [0.5, 0.6) is 0 Å². The molecule has 0 saturated carbocycles. The normalized spacial score (nSPS) is 20.2. The Hall–Kier alpha value is -1.31. The van der Waals surface area contributed by atoms with Gasteiger partial charge in [-0.1, -0.05) is 18.5 Å². The molecule has 0 radical (unpaired) electrons. The first kappa shape index (κ1) is 16.1. The van der Waals surface area contributed by atoms with Crippen molar-refractivity contribution in [1.82, 2.24) is 4.31 Å². The number of hydrogen-bond acceptors (Lipinski definition) is 3. The molecule has 0 amide bonds. The maximum Gasteiger partial charge on any atom is 0.337 e. The molecule has 1 aromatic carbocycles. The second-order valence-electron chi connectivity index (χ2n) is 5.21. The molecular weight excluding hydrogens is 316 g/mol. The fraction of sp³-hybridized carbons (Fsp3) is 0.462. The van der Waals surface area contributed by atoms with Gasteiger partial charge in [-0.25, -0.2) is 4.79 Å². The first-order valence-electron chi connectivity index (χ1n) is 6.60. The van der Waals surface area contributed by atoms with Crippen LogP contribution in [0.1, 0.15) is 30.1 Å². The molecule has 1 heterocycles. The molecule has 1 aliphatic heterocycles. The van der Waals surface area contributed by atoms with E-state index in [1.54, 1.807) is 0 Å². The predicted molar refractivity (Wildman–Crippen MR) is 80.9 cm³/mol. The second kappa shape index (κ2) is 6.21. The van der Waals surface area contributed by atoms with Gasteiger partial charge in [0.05, 0.1) is 16.3 Å². The van der Waals surface area contributed by atoms with Gasteiger partial charge in [-0.05, 0) is 37.0 Å². The van der Waals surface area contributed by atoms with Gasteiger partial charge < -0.3 is 5.11 Å². The molecule has 1 fully saturated rings. The van der Waals surface area contributed by atoms with Gasteiger partial charge in [0.1, 0.15) is 0 Å². The third-order valence-electron chi connectivity index (χ3n) is 3.40. The first-order chi connectivity index (χ1) is 9.79. The monoisotopic (exact) mass is 332 g/mol. The molecule has 1 aromatic rings. The van der Waals surface area contributed by atoms with E-state index in [2.05, 4.69) is 4.72 Å². The molecule has 2 N–H and O–H groups in total. The standard InChI is InChI=1S/C13H17ClN2O4S/c1-9-3-2-6-16(8-9)21(19,20)15-10-4-5-12(14)11(7-10)13(17)18/h4-5,7,9,15H,2-3,6,8H2,1H3,(H,17,18)/t9-/m1/s1. The lowest BCUT2D eigenvalue weighted by Crippen LogP contribution is -2.42. The zero-order valence-electron chi connectivity index (χ0n) is 11.5. The summed E-state index contributed by atoms with van der Waals surface area (Å²) in [5.74, 6) is -0.886. The molecule has 21 heavy (non-hydrogen) atoms. The number of piperidine rings is 1. The molecule has 0 spiro atoms. The van der Waals surface area contributed by atoms with Crippen LogP contribution in [0, 0.1) is 5.92 Å². The minimum atomic E-state index is -3.68. The van der Waals surface area contributed by atoms with E-state index in [4.69, 9.17) is 16.7 Å². The van der Waals surface area contributed by atoms with Crippen molar-refractivity contribution >= 4 is 33.5 Å². The summed E-state index contributed by atoms with van der Waals surface area (Å²) >= 11 is 5.76. The number of nitrogens with one attached hydrogen (secondary N) is 1. The van der Waals surface area contributed by atoms with Crippen LogP contribution < -0.4 is 4.72 Å². The number of aromatic carboxylic acids is 1. The van der Waals surface area contributed by atoms with Crippen LogP contribution in [-0.4, -0.2) is 36.9 Å². The van der Waals surface area contributed by atoms with E-state index in [0.29, 0.717) is 19.0 Å². The van der Waals surface area contributed by atoms with Crippen LogP contribution in [0.15, 0.2) is 18.2 Å². The Labute approximate surface area is 128 Å². The number of anilines is 1. The maximum atomic E-state index is 12.3. The quantitative estimate of drug-likeness (QED) is 0.886. The van der Waals surface area contributed by atoms with Crippen molar-refractivity contribution in [3.05, 3.63) is 28.8 Å². The molecule has 0 aromatic heterocycles. The van der Waals surface area contributed by atoms with Crippen molar-refractivity contribution in [3.8, 4) is 0 Å². The van der Waals surface area contributed by atoms with Crippen LogP contribution in [-0.2, 0) is 10.2 Å². The van der Waals surface area contributed by atoms with Crippen molar-refractivity contribution in [3.63, 3.8) is 0 Å². The Morgan fingerprint density at radius 3 is 2.81 bits per heavy atom. The van der Waals surface area contributed by atoms with Gasteiger partial charge in [0.25, 0.3) is 0 Å². The van der Waals surface area contributed by atoms with E-state index in [-0.39, 0.29) is 16.3 Å². The van der Waals surface area contributed by atoms with Crippen LogP contribution in [0.2, 0.25) is 5.02 Å². The minimum Gasteiger partial charge on any atom is -0.478 e. The molecule has 1 aliphatic rings. The Morgan fingerprint density at radius 1 is 1.48 bits per heavy atom. The molecule has 6 nitrogen and oxygen atoms in total. The first-order valence-corrected chi connectivity index (χ1v) is 8.42. The van der Waals surface area contributed by atoms with Crippen molar-refractivity contribution < 1.29 is 18.3 Å². The zero-order valence-corrected chi connectivity index (χ0v) is 13.1. The number of nitrogens with zero attached hydrogens (tertiary/aromatic N) is 1. The molecule has 8 heteroatoms.